The molecule has 136 valence electrons. The number of carbonyl (C=O) groups excluding carboxylic acids is 1. The molecule has 0 aliphatic carbocycles. The summed E-state index contributed by atoms with van der Waals surface area (Å²) in [5, 5.41) is 11.4. The summed E-state index contributed by atoms with van der Waals surface area (Å²) in [7, 11) is 0. The molecule has 3 aromatic rings. The zero-order valence-corrected chi connectivity index (χ0v) is 15.3. The first kappa shape index (κ1) is 17.8. The SMILES string of the molecule is CCCC(=O)NCCn1ncc(-c2cc(C)no2)c1-c1ccc(C)nc1. The molecule has 0 saturated heterocycles. The highest BCUT2D eigenvalue weighted by Gasteiger charge is 2.18. The highest BCUT2D eigenvalue weighted by Crippen LogP contribution is 2.32. The first-order chi connectivity index (χ1) is 12.6. The second kappa shape index (κ2) is 7.95. The Morgan fingerprint density at radius 3 is 2.73 bits per heavy atom. The standard InChI is InChI=1S/C19H23N5O2/c1-4-5-18(25)20-8-9-24-19(15-7-6-13(2)21-11-15)16(12-22-24)17-10-14(3)23-26-17/h6-7,10-12H,4-5,8-9H2,1-3H3,(H,20,25). The monoisotopic (exact) mass is 353 g/mol. The summed E-state index contributed by atoms with van der Waals surface area (Å²) in [4.78, 5) is 16.1. The number of nitrogens with one attached hydrogen (secondary N) is 1. The molecule has 0 unspecified atom stereocenters. The fraction of sp³-hybridized carbons (Fsp3) is 0.368. The lowest BCUT2D eigenvalue weighted by molar-refractivity contribution is -0.121. The molecule has 7 heteroatoms. The Hall–Kier alpha value is -2.96. The number of aryl methyl sites for hydroxylation is 2. The maximum absolute atomic E-state index is 11.7. The minimum atomic E-state index is 0.0595. The van der Waals surface area contributed by atoms with Gasteiger partial charge in [-0.1, -0.05) is 12.1 Å². The number of nitrogens with zero attached hydrogens (tertiary/aromatic N) is 4. The normalized spacial score (nSPS) is 10.9. The summed E-state index contributed by atoms with van der Waals surface area (Å²) in [5.41, 5.74) is 4.46. The van der Waals surface area contributed by atoms with Crippen molar-refractivity contribution in [3.63, 3.8) is 0 Å². The highest BCUT2D eigenvalue weighted by atomic mass is 16.5. The van der Waals surface area contributed by atoms with Crippen LogP contribution in [0.25, 0.3) is 22.6 Å². The lowest BCUT2D eigenvalue weighted by Crippen LogP contribution is -2.27. The zero-order valence-electron chi connectivity index (χ0n) is 15.3. The molecule has 0 bridgehead atoms. The smallest absolute Gasteiger partial charge is 0.220 e. The lowest BCUT2D eigenvalue weighted by atomic mass is 10.1. The highest BCUT2D eigenvalue weighted by molar-refractivity contribution is 5.78. The molecule has 0 aliphatic heterocycles. The van der Waals surface area contributed by atoms with Crippen LogP contribution in [0.2, 0.25) is 0 Å². The van der Waals surface area contributed by atoms with E-state index in [-0.39, 0.29) is 5.91 Å². The zero-order chi connectivity index (χ0) is 18.5. The van der Waals surface area contributed by atoms with E-state index < -0.39 is 0 Å². The molecule has 3 aromatic heterocycles. The van der Waals surface area contributed by atoms with Gasteiger partial charge in [-0.2, -0.15) is 5.10 Å². The van der Waals surface area contributed by atoms with Crippen LogP contribution in [-0.4, -0.2) is 32.4 Å². The minimum Gasteiger partial charge on any atom is -0.356 e. The van der Waals surface area contributed by atoms with E-state index in [2.05, 4.69) is 20.6 Å². The summed E-state index contributed by atoms with van der Waals surface area (Å²) < 4.78 is 7.30. The molecule has 1 amide bonds. The number of aromatic nitrogens is 4. The second-order valence-corrected chi connectivity index (χ2v) is 6.25. The van der Waals surface area contributed by atoms with Gasteiger partial charge in [0.05, 0.1) is 29.7 Å². The van der Waals surface area contributed by atoms with Gasteiger partial charge >= 0.3 is 0 Å². The van der Waals surface area contributed by atoms with Crippen LogP contribution in [0.15, 0.2) is 35.1 Å². The van der Waals surface area contributed by atoms with Crippen LogP contribution in [0.3, 0.4) is 0 Å². The van der Waals surface area contributed by atoms with E-state index in [1.165, 1.54) is 0 Å². The summed E-state index contributed by atoms with van der Waals surface area (Å²) in [6.07, 6.45) is 4.97. The van der Waals surface area contributed by atoms with Gasteiger partial charge < -0.3 is 9.84 Å². The van der Waals surface area contributed by atoms with E-state index in [0.717, 1.165) is 34.6 Å². The van der Waals surface area contributed by atoms with Gasteiger partial charge in [-0.3, -0.25) is 14.5 Å². The van der Waals surface area contributed by atoms with Crippen molar-refractivity contribution in [3.05, 3.63) is 42.0 Å². The van der Waals surface area contributed by atoms with E-state index in [1.54, 1.807) is 6.20 Å². The maximum Gasteiger partial charge on any atom is 0.220 e. The van der Waals surface area contributed by atoms with Gasteiger partial charge in [0, 0.05) is 36.5 Å². The average Bonchev–Trinajstić information content (AvgIpc) is 3.22. The van der Waals surface area contributed by atoms with Crippen molar-refractivity contribution < 1.29 is 9.32 Å². The molecule has 1 N–H and O–H groups in total. The van der Waals surface area contributed by atoms with Crippen molar-refractivity contribution in [3.8, 4) is 22.6 Å². The third-order valence-corrected chi connectivity index (χ3v) is 4.04. The Bertz CT molecular complexity index is 880. The van der Waals surface area contributed by atoms with Gasteiger partial charge in [0.25, 0.3) is 0 Å². The molecule has 0 atom stereocenters. The summed E-state index contributed by atoms with van der Waals surface area (Å²) in [5.74, 6) is 0.726. The number of rotatable bonds is 7. The van der Waals surface area contributed by atoms with Crippen molar-refractivity contribution >= 4 is 5.91 Å². The van der Waals surface area contributed by atoms with Crippen molar-refractivity contribution in [2.24, 2.45) is 0 Å². The van der Waals surface area contributed by atoms with Crippen molar-refractivity contribution in [1.82, 2.24) is 25.2 Å². The molecule has 3 rings (SSSR count). The fourth-order valence-corrected chi connectivity index (χ4v) is 2.75. The van der Waals surface area contributed by atoms with Crippen LogP contribution in [0.4, 0.5) is 0 Å². The topological polar surface area (TPSA) is 85.8 Å². The van der Waals surface area contributed by atoms with E-state index in [4.69, 9.17) is 4.52 Å². The molecule has 0 saturated carbocycles. The van der Waals surface area contributed by atoms with E-state index >= 15 is 0 Å². The van der Waals surface area contributed by atoms with Crippen molar-refractivity contribution in [1.29, 1.82) is 0 Å². The van der Waals surface area contributed by atoms with Crippen LogP contribution < -0.4 is 5.32 Å². The first-order valence-corrected chi connectivity index (χ1v) is 8.77. The maximum atomic E-state index is 11.7. The Labute approximate surface area is 152 Å². The predicted molar refractivity (Wildman–Crippen MR) is 98.3 cm³/mol. The molecule has 26 heavy (non-hydrogen) atoms. The van der Waals surface area contributed by atoms with Gasteiger partial charge in [0.2, 0.25) is 5.91 Å². The quantitative estimate of drug-likeness (QED) is 0.705. The molecule has 0 radical (unpaired) electrons. The van der Waals surface area contributed by atoms with E-state index in [0.29, 0.717) is 25.3 Å². The lowest BCUT2D eigenvalue weighted by Gasteiger charge is -2.10. The third-order valence-electron chi connectivity index (χ3n) is 4.04. The van der Waals surface area contributed by atoms with Gasteiger partial charge in [-0.15, -0.1) is 0 Å². The Morgan fingerprint density at radius 2 is 2.08 bits per heavy atom. The molecule has 0 aliphatic rings. The van der Waals surface area contributed by atoms with Gasteiger partial charge in [0.1, 0.15) is 0 Å². The Kier molecular flexibility index (Phi) is 5.46. The molecular weight excluding hydrogens is 330 g/mol. The van der Waals surface area contributed by atoms with Crippen LogP contribution in [0.5, 0.6) is 0 Å². The predicted octanol–water partition coefficient (Wildman–Crippen LogP) is 3.13. The number of pyridine rings is 1. The fourth-order valence-electron chi connectivity index (χ4n) is 2.75. The summed E-state index contributed by atoms with van der Waals surface area (Å²) in [6.45, 7) is 6.90. The Balaban J connectivity index is 1.90. The Morgan fingerprint density at radius 1 is 1.23 bits per heavy atom. The van der Waals surface area contributed by atoms with Gasteiger partial charge in [-0.25, -0.2) is 0 Å². The van der Waals surface area contributed by atoms with Crippen LogP contribution in [0.1, 0.15) is 31.2 Å². The van der Waals surface area contributed by atoms with E-state index in [1.807, 2.05) is 49.8 Å². The number of amides is 1. The number of hydrogen-bond donors (Lipinski definition) is 1. The van der Waals surface area contributed by atoms with Crippen LogP contribution >= 0.6 is 0 Å². The average molecular weight is 353 g/mol. The molecule has 0 aromatic carbocycles. The minimum absolute atomic E-state index is 0.0595. The van der Waals surface area contributed by atoms with Crippen LogP contribution in [0, 0.1) is 13.8 Å². The largest absolute Gasteiger partial charge is 0.356 e. The van der Waals surface area contributed by atoms with Gasteiger partial charge in [0.15, 0.2) is 5.76 Å². The van der Waals surface area contributed by atoms with E-state index in [9.17, 15) is 4.79 Å². The summed E-state index contributed by atoms with van der Waals surface area (Å²) in [6, 6.07) is 5.86. The number of carbonyl (C=O) groups is 1. The molecule has 3 heterocycles. The molecule has 0 spiro atoms. The summed E-state index contributed by atoms with van der Waals surface area (Å²) >= 11 is 0. The first-order valence-electron chi connectivity index (χ1n) is 8.77. The third kappa shape index (κ3) is 3.99. The second-order valence-electron chi connectivity index (χ2n) is 6.25. The number of hydrogen-bond acceptors (Lipinski definition) is 5. The van der Waals surface area contributed by atoms with Gasteiger partial charge in [-0.05, 0) is 32.4 Å². The molecular formula is C19H23N5O2. The van der Waals surface area contributed by atoms with Crippen LogP contribution in [-0.2, 0) is 11.3 Å². The van der Waals surface area contributed by atoms with Crippen molar-refractivity contribution in [2.75, 3.05) is 6.54 Å². The molecule has 0 fully saturated rings. The molecule has 7 nitrogen and oxygen atoms in total. The van der Waals surface area contributed by atoms with Crippen molar-refractivity contribution in [2.45, 2.75) is 40.2 Å².